The molecule has 0 radical (unpaired) electrons. The monoisotopic (exact) mass is 1030 g/mol. The van der Waals surface area contributed by atoms with Crippen molar-refractivity contribution in [1.82, 2.24) is 36.4 Å². The highest BCUT2D eigenvalue weighted by molar-refractivity contribution is 5.97. The number of guanidine groups is 2. The first-order valence-corrected chi connectivity index (χ1v) is 24.3. The van der Waals surface area contributed by atoms with Gasteiger partial charge in [0.25, 0.3) is 0 Å². The van der Waals surface area contributed by atoms with Gasteiger partial charge in [0.15, 0.2) is 11.9 Å². The number of likely N-dealkylation sites (tertiary alicyclic amines) is 1. The Labute approximate surface area is 429 Å². The lowest BCUT2D eigenvalue weighted by Gasteiger charge is -2.34. The fourth-order valence-electron chi connectivity index (χ4n) is 8.20. The molecule has 24 heteroatoms. The summed E-state index contributed by atoms with van der Waals surface area (Å²) < 4.78 is 0. The van der Waals surface area contributed by atoms with Gasteiger partial charge in [-0.2, -0.15) is 0 Å². The van der Waals surface area contributed by atoms with E-state index in [1.165, 1.54) is 16.8 Å². The molecular formula is C50H70N14O10. The molecular weight excluding hydrogens is 957 g/mol. The maximum absolute atomic E-state index is 14.4. The number of rotatable bonds is 29. The Bertz CT molecular complexity index is 2410. The molecule has 1 saturated heterocycles. The highest BCUT2D eigenvalue weighted by Gasteiger charge is 2.40. The predicted octanol–water partition coefficient (Wildman–Crippen LogP) is -2.90. The zero-order valence-electron chi connectivity index (χ0n) is 41.4. The SMILES string of the molecule is CN(C(=O)[C@@H](N)CCCN=C(N)N)[C@@H](Cc1ccccc1)C(=O)N1CCC[C@H]1C(=O)NCC(=O)N[C@@H](Cc1ccccc1)C(=O)N[C@@H](CO)C(=O)N[C@@H](Cc1ccccc1)C(=O)N[C@@H](CCCN=C(N)N)C(=O)O. The van der Waals surface area contributed by atoms with Gasteiger partial charge in [0.2, 0.25) is 41.4 Å². The number of carbonyl (C=O) groups excluding carboxylic acids is 7. The molecule has 1 aliphatic rings. The van der Waals surface area contributed by atoms with Crippen molar-refractivity contribution >= 4 is 59.2 Å². The second-order valence-corrected chi connectivity index (χ2v) is 17.8. The zero-order valence-corrected chi connectivity index (χ0v) is 41.4. The number of aliphatic hydroxyl groups excluding tert-OH is 1. The maximum Gasteiger partial charge on any atom is 0.326 e. The number of carboxylic acids is 1. The van der Waals surface area contributed by atoms with E-state index < -0.39 is 103 Å². The molecule has 74 heavy (non-hydrogen) atoms. The smallest absolute Gasteiger partial charge is 0.326 e. The van der Waals surface area contributed by atoms with Crippen LogP contribution >= 0.6 is 0 Å². The van der Waals surface area contributed by atoms with E-state index in [4.69, 9.17) is 28.7 Å². The highest BCUT2D eigenvalue weighted by Crippen LogP contribution is 2.22. The summed E-state index contributed by atoms with van der Waals surface area (Å²) in [4.78, 5) is 119. The van der Waals surface area contributed by atoms with Crippen LogP contribution < -0.4 is 55.3 Å². The Morgan fingerprint density at radius 1 is 0.662 bits per heavy atom. The molecule has 7 amide bonds. The molecule has 0 bridgehead atoms. The standard InChI is InChI=1S/C50H70N14O10/c1-63(46(71)34(51)20-11-23-56-49(52)53)40(28-33-18-9-4-10-19-33)47(72)64-25-13-22-39(64)45(70)58-29-41(66)59-36(26-31-14-5-2-6-15-31)42(67)62-38(30-65)44(69)61-37(27-32-16-7-3-8-17-32)43(68)60-35(48(73)74)21-12-24-57-50(54)55/h2-10,14-19,34-40,65H,11-13,20-30,51H2,1H3,(H,58,70)(H,59,66)(H,60,68)(H,61,69)(H,62,67)(H,73,74)(H4,52,53,56)(H4,54,55,57)/t34-,35-,36-,37-,38-,39-,40-/m0/s1. The first-order valence-electron chi connectivity index (χ1n) is 24.3. The van der Waals surface area contributed by atoms with E-state index in [0.29, 0.717) is 24.0 Å². The zero-order chi connectivity index (χ0) is 54.2. The number of aliphatic hydroxyl groups is 1. The lowest BCUT2D eigenvalue weighted by molar-refractivity contribution is -0.147. The van der Waals surface area contributed by atoms with Crippen molar-refractivity contribution in [1.29, 1.82) is 0 Å². The van der Waals surface area contributed by atoms with Crippen molar-refractivity contribution in [2.75, 3.05) is 39.8 Å². The third-order valence-corrected chi connectivity index (χ3v) is 12.1. The van der Waals surface area contributed by atoms with Crippen molar-refractivity contribution in [3.63, 3.8) is 0 Å². The Hall–Kier alpha value is -8.12. The summed E-state index contributed by atoms with van der Waals surface area (Å²) in [5, 5.41) is 32.8. The number of nitrogens with two attached hydrogens (primary N) is 5. The number of hydrogen-bond donors (Lipinski definition) is 12. The van der Waals surface area contributed by atoms with Crippen molar-refractivity contribution in [2.45, 2.75) is 100 Å². The van der Waals surface area contributed by atoms with Crippen molar-refractivity contribution in [3.8, 4) is 0 Å². The van der Waals surface area contributed by atoms with Crippen LogP contribution in [-0.2, 0) is 57.6 Å². The third-order valence-electron chi connectivity index (χ3n) is 12.1. The van der Waals surface area contributed by atoms with Crippen LogP contribution in [0.1, 0.15) is 55.2 Å². The van der Waals surface area contributed by atoms with Gasteiger partial charge < -0.3 is 75.3 Å². The molecule has 400 valence electrons. The van der Waals surface area contributed by atoms with Gasteiger partial charge in [-0.25, -0.2) is 4.79 Å². The highest BCUT2D eigenvalue weighted by atomic mass is 16.4. The van der Waals surface area contributed by atoms with Gasteiger partial charge in [0, 0.05) is 45.9 Å². The minimum atomic E-state index is -1.66. The number of benzene rings is 3. The van der Waals surface area contributed by atoms with Gasteiger partial charge in [0.1, 0.15) is 36.3 Å². The Kier molecular flexibility index (Phi) is 23.7. The van der Waals surface area contributed by atoms with Gasteiger partial charge in [-0.15, -0.1) is 0 Å². The normalized spacial score (nSPS) is 15.3. The van der Waals surface area contributed by atoms with Crippen molar-refractivity contribution in [2.24, 2.45) is 38.7 Å². The average molecular weight is 1030 g/mol. The van der Waals surface area contributed by atoms with Crippen LogP contribution in [0.5, 0.6) is 0 Å². The van der Waals surface area contributed by atoms with Gasteiger partial charge in [-0.05, 0) is 55.2 Å². The second kappa shape index (κ2) is 30.0. The number of carbonyl (C=O) groups is 8. The summed E-state index contributed by atoms with van der Waals surface area (Å²) in [6, 6.07) is 17.4. The molecule has 0 aromatic heterocycles. The van der Waals surface area contributed by atoms with Gasteiger partial charge in [0.05, 0.1) is 19.2 Å². The van der Waals surface area contributed by atoms with Crippen LogP contribution in [0.15, 0.2) is 101 Å². The molecule has 1 aliphatic heterocycles. The van der Waals surface area contributed by atoms with Crippen LogP contribution in [0, 0.1) is 0 Å². The van der Waals surface area contributed by atoms with E-state index in [0.717, 1.165) is 5.56 Å². The lowest BCUT2D eigenvalue weighted by Crippen LogP contribution is -2.60. The fraction of sp³-hybridized carbons (Fsp3) is 0.440. The summed E-state index contributed by atoms with van der Waals surface area (Å²) in [5.41, 5.74) is 29.8. The fourth-order valence-corrected chi connectivity index (χ4v) is 8.20. The Morgan fingerprint density at radius 2 is 1.12 bits per heavy atom. The molecule has 3 aromatic carbocycles. The van der Waals surface area contributed by atoms with Crippen LogP contribution in [-0.4, -0.2) is 161 Å². The summed E-state index contributed by atoms with van der Waals surface area (Å²) >= 11 is 0. The van der Waals surface area contributed by atoms with E-state index >= 15 is 0 Å². The number of carboxylic acid groups (broad SMARTS) is 1. The topological polar surface area (TPSA) is 398 Å². The summed E-state index contributed by atoms with van der Waals surface area (Å²) in [5.74, 6) is -6.80. The summed E-state index contributed by atoms with van der Waals surface area (Å²) in [7, 11) is 1.49. The molecule has 0 spiro atoms. The summed E-state index contributed by atoms with van der Waals surface area (Å²) in [6.45, 7) is -1.00. The minimum Gasteiger partial charge on any atom is -0.480 e. The van der Waals surface area contributed by atoms with Crippen molar-refractivity contribution < 1.29 is 48.6 Å². The van der Waals surface area contributed by atoms with E-state index in [-0.39, 0.29) is 76.5 Å². The molecule has 0 unspecified atom stereocenters. The van der Waals surface area contributed by atoms with Crippen molar-refractivity contribution in [3.05, 3.63) is 108 Å². The van der Waals surface area contributed by atoms with Gasteiger partial charge in [-0.3, -0.25) is 43.5 Å². The average Bonchev–Trinajstić information content (AvgIpc) is 3.88. The molecule has 17 N–H and O–H groups in total. The molecule has 3 aromatic rings. The lowest BCUT2D eigenvalue weighted by atomic mass is 10.0. The first-order chi connectivity index (χ1) is 35.4. The molecule has 7 atom stereocenters. The van der Waals surface area contributed by atoms with E-state index in [1.54, 1.807) is 72.8 Å². The molecule has 0 saturated carbocycles. The largest absolute Gasteiger partial charge is 0.480 e. The van der Waals surface area contributed by atoms with E-state index in [2.05, 4.69) is 36.6 Å². The van der Waals surface area contributed by atoms with Crippen LogP contribution in [0.25, 0.3) is 0 Å². The molecule has 1 fully saturated rings. The number of nitrogens with one attached hydrogen (secondary N) is 5. The number of amides is 7. The predicted molar refractivity (Wildman–Crippen MR) is 275 cm³/mol. The van der Waals surface area contributed by atoms with Crippen LogP contribution in [0.3, 0.4) is 0 Å². The first kappa shape index (κ1) is 58.5. The van der Waals surface area contributed by atoms with Crippen LogP contribution in [0.2, 0.25) is 0 Å². The van der Waals surface area contributed by atoms with Gasteiger partial charge >= 0.3 is 5.97 Å². The molecule has 4 rings (SSSR count). The summed E-state index contributed by atoms with van der Waals surface area (Å²) in [6.07, 6.45) is 1.47. The Morgan fingerprint density at radius 3 is 1.62 bits per heavy atom. The number of hydrogen-bond acceptors (Lipinski definition) is 12. The van der Waals surface area contributed by atoms with E-state index in [1.807, 2.05) is 18.2 Å². The number of likely N-dealkylation sites (N-methyl/N-ethyl adjacent to an activating group) is 1. The Balaban J connectivity index is 1.45. The molecule has 1 heterocycles. The maximum atomic E-state index is 14.4. The molecule has 24 nitrogen and oxygen atoms in total. The third kappa shape index (κ3) is 19.1. The van der Waals surface area contributed by atoms with Crippen LogP contribution in [0.4, 0.5) is 0 Å². The minimum absolute atomic E-state index is 0.0473. The molecule has 0 aliphatic carbocycles. The quantitative estimate of drug-likeness (QED) is 0.0189. The number of aliphatic carboxylic acids is 1. The second-order valence-electron chi connectivity index (χ2n) is 17.8. The van der Waals surface area contributed by atoms with Gasteiger partial charge in [-0.1, -0.05) is 91.0 Å². The number of nitrogens with zero attached hydrogens (tertiary/aromatic N) is 4. The van der Waals surface area contributed by atoms with E-state index in [9.17, 15) is 48.6 Å². The number of aliphatic imine (C=N–C) groups is 2.